The number of hydrogen-bond acceptors (Lipinski definition) is 6. The fraction of sp³-hybridized carbons (Fsp3) is 0.400. The highest BCUT2D eigenvalue weighted by Gasteiger charge is 2.18. The van der Waals surface area contributed by atoms with Crippen molar-refractivity contribution in [1.82, 2.24) is 4.98 Å². The van der Waals surface area contributed by atoms with Crippen molar-refractivity contribution >= 4 is 0 Å². The van der Waals surface area contributed by atoms with E-state index in [9.17, 15) is 0 Å². The van der Waals surface area contributed by atoms with Crippen LogP contribution in [-0.4, -0.2) is 38.0 Å². The van der Waals surface area contributed by atoms with Gasteiger partial charge in [-0.25, -0.2) is 4.98 Å². The Morgan fingerprint density at radius 2 is 1.71 bits per heavy atom. The molecule has 21 heavy (non-hydrogen) atoms. The maximum absolute atomic E-state index is 9.02. The van der Waals surface area contributed by atoms with Crippen molar-refractivity contribution in [2.24, 2.45) is 0 Å². The maximum Gasteiger partial charge on any atom is 0.226 e. The van der Waals surface area contributed by atoms with Gasteiger partial charge in [-0.1, -0.05) is 0 Å². The number of aryl methyl sites for hydroxylation is 1. The third kappa shape index (κ3) is 2.95. The van der Waals surface area contributed by atoms with E-state index in [1.54, 1.807) is 33.5 Å². The number of rotatable bonds is 6. The first-order valence-corrected chi connectivity index (χ1v) is 6.52. The molecule has 0 bridgehead atoms. The molecule has 1 aromatic carbocycles. The summed E-state index contributed by atoms with van der Waals surface area (Å²) in [6.45, 7) is 1.85. The number of aliphatic hydroxyl groups excluding tert-OH is 1. The van der Waals surface area contributed by atoms with Crippen LogP contribution in [-0.2, 0) is 6.42 Å². The molecule has 114 valence electrons. The summed E-state index contributed by atoms with van der Waals surface area (Å²) in [5.74, 6) is 2.73. The Morgan fingerprint density at radius 1 is 1.10 bits per heavy atom. The highest BCUT2D eigenvalue weighted by molar-refractivity contribution is 5.66. The van der Waals surface area contributed by atoms with Crippen LogP contribution < -0.4 is 14.2 Å². The van der Waals surface area contributed by atoms with Crippen LogP contribution in [0.15, 0.2) is 16.5 Å². The number of benzene rings is 1. The Balaban J connectivity index is 2.51. The molecular formula is C15H19NO5. The quantitative estimate of drug-likeness (QED) is 0.880. The van der Waals surface area contributed by atoms with Crippen molar-refractivity contribution in [3.63, 3.8) is 0 Å². The molecular weight excluding hydrogens is 274 g/mol. The minimum atomic E-state index is 0.0298. The number of ether oxygens (including phenoxy) is 3. The van der Waals surface area contributed by atoms with Crippen LogP contribution in [0.1, 0.15) is 11.5 Å². The van der Waals surface area contributed by atoms with Crippen LogP contribution in [0, 0.1) is 6.92 Å². The lowest BCUT2D eigenvalue weighted by Gasteiger charge is -2.12. The molecule has 0 aliphatic rings. The number of hydrogen-bond donors (Lipinski definition) is 1. The SMILES string of the molecule is COc1cc(-c2nc(CCO)c(C)o2)cc(OC)c1OC. The topological polar surface area (TPSA) is 74.0 Å². The molecule has 6 nitrogen and oxygen atoms in total. The van der Waals surface area contributed by atoms with Crippen molar-refractivity contribution in [1.29, 1.82) is 0 Å². The summed E-state index contributed by atoms with van der Waals surface area (Å²) in [7, 11) is 4.66. The Hall–Kier alpha value is -2.21. The molecule has 0 unspecified atom stereocenters. The van der Waals surface area contributed by atoms with E-state index in [2.05, 4.69) is 4.98 Å². The van der Waals surface area contributed by atoms with Crippen LogP contribution in [0.4, 0.5) is 0 Å². The van der Waals surface area contributed by atoms with E-state index in [0.29, 0.717) is 35.3 Å². The van der Waals surface area contributed by atoms with Crippen LogP contribution in [0.5, 0.6) is 17.2 Å². The molecule has 0 aliphatic carbocycles. The molecule has 0 aliphatic heterocycles. The van der Waals surface area contributed by atoms with E-state index in [1.165, 1.54) is 0 Å². The van der Waals surface area contributed by atoms with Gasteiger partial charge in [0.25, 0.3) is 0 Å². The van der Waals surface area contributed by atoms with E-state index < -0.39 is 0 Å². The Labute approximate surface area is 123 Å². The van der Waals surface area contributed by atoms with Crippen molar-refractivity contribution in [3.05, 3.63) is 23.6 Å². The molecule has 6 heteroatoms. The zero-order valence-corrected chi connectivity index (χ0v) is 12.6. The van der Waals surface area contributed by atoms with Gasteiger partial charge in [0, 0.05) is 18.6 Å². The normalized spacial score (nSPS) is 10.5. The number of methoxy groups -OCH3 is 3. The molecule has 1 heterocycles. The van der Waals surface area contributed by atoms with Gasteiger partial charge in [-0.05, 0) is 19.1 Å². The summed E-state index contributed by atoms with van der Waals surface area (Å²) in [6.07, 6.45) is 0.458. The molecule has 0 saturated carbocycles. The van der Waals surface area contributed by atoms with Crippen LogP contribution >= 0.6 is 0 Å². The molecule has 1 N–H and O–H groups in total. The molecule has 1 aromatic heterocycles. The van der Waals surface area contributed by atoms with Crippen LogP contribution in [0.2, 0.25) is 0 Å². The van der Waals surface area contributed by atoms with Gasteiger partial charge in [0.2, 0.25) is 11.6 Å². The fourth-order valence-corrected chi connectivity index (χ4v) is 2.09. The summed E-state index contributed by atoms with van der Waals surface area (Å²) in [4.78, 5) is 4.40. The lowest BCUT2D eigenvalue weighted by molar-refractivity contribution is 0.297. The van der Waals surface area contributed by atoms with Crippen molar-refractivity contribution < 1.29 is 23.7 Å². The average molecular weight is 293 g/mol. The van der Waals surface area contributed by atoms with Crippen LogP contribution in [0.3, 0.4) is 0 Å². The minimum Gasteiger partial charge on any atom is -0.493 e. The third-order valence-electron chi connectivity index (χ3n) is 3.15. The van der Waals surface area contributed by atoms with Crippen molar-refractivity contribution in [2.75, 3.05) is 27.9 Å². The van der Waals surface area contributed by atoms with Gasteiger partial charge >= 0.3 is 0 Å². The Bertz CT molecular complexity index is 596. The first kappa shape index (κ1) is 15.2. The van der Waals surface area contributed by atoms with Crippen molar-refractivity contribution in [2.45, 2.75) is 13.3 Å². The molecule has 0 fully saturated rings. The Kier molecular flexibility index (Phi) is 4.70. The standard InChI is InChI=1S/C15H19NO5/c1-9-11(5-6-17)16-15(21-9)10-7-12(18-2)14(20-4)13(8-10)19-3/h7-8,17H,5-6H2,1-4H3. The monoisotopic (exact) mass is 293 g/mol. The highest BCUT2D eigenvalue weighted by atomic mass is 16.5. The average Bonchev–Trinajstić information content (AvgIpc) is 2.87. The highest BCUT2D eigenvalue weighted by Crippen LogP contribution is 2.41. The first-order chi connectivity index (χ1) is 10.1. The predicted molar refractivity (Wildman–Crippen MR) is 77.1 cm³/mol. The van der Waals surface area contributed by atoms with Gasteiger partial charge in [-0.2, -0.15) is 0 Å². The van der Waals surface area contributed by atoms with Crippen molar-refractivity contribution in [3.8, 4) is 28.7 Å². The van der Waals surface area contributed by atoms with Gasteiger partial charge in [0.15, 0.2) is 11.5 Å². The second-order valence-electron chi connectivity index (χ2n) is 4.41. The number of aliphatic hydroxyl groups is 1. The largest absolute Gasteiger partial charge is 0.493 e. The minimum absolute atomic E-state index is 0.0298. The molecule has 0 spiro atoms. The molecule has 0 amide bonds. The zero-order chi connectivity index (χ0) is 15.4. The maximum atomic E-state index is 9.02. The van der Waals surface area contributed by atoms with Gasteiger partial charge in [-0.3, -0.25) is 0 Å². The lowest BCUT2D eigenvalue weighted by atomic mass is 10.2. The Morgan fingerprint density at radius 3 is 2.19 bits per heavy atom. The van der Waals surface area contributed by atoms with Crippen LogP contribution in [0.25, 0.3) is 11.5 Å². The predicted octanol–water partition coefficient (Wildman–Crippen LogP) is 2.21. The number of nitrogens with zero attached hydrogens (tertiary/aromatic N) is 1. The summed E-state index contributed by atoms with van der Waals surface area (Å²) < 4.78 is 21.6. The third-order valence-corrected chi connectivity index (χ3v) is 3.15. The molecule has 2 rings (SSSR count). The van der Waals surface area contributed by atoms with E-state index in [4.69, 9.17) is 23.7 Å². The van der Waals surface area contributed by atoms with Gasteiger partial charge in [0.05, 0.1) is 27.0 Å². The molecule has 0 saturated heterocycles. The lowest BCUT2D eigenvalue weighted by Crippen LogP contribution is -1.96. The summed E-state index contributed by atoms with van der Waals surface area (Å²) in [5.41, 5.74) is 1.46. The summed E-state index contributed by atoms with van der Waals surface area (Å²) >= 11 is 0. The zero-order valence-electron chi connectivity index (χ0n) is 12.6. The summed E-state index contributed by atoms with van der Waals surface area (Å²) in [5, 5.41) is 9.02. The first-order valence-electron chi connectivity index (χ1n) is 6.52. The smallest absolute Gasteiger partial charge is 0.226 e. The fourth-order valence-electron chi connectivity index (χ4n) is 2.09. The second-order valence-corrected chi connectivity index (χ2v) is 4.41. The van der Waals surface area contributed by atoms with E-state index in [1.807, 2.05) is 6.92 Å². The van der Waals surface area contributed by atoms with E-state index in [-0.39, 0.29) is 6.61 Å². The van der Waals surface area contributed by atoms with Gasteiger partial charge < -0.3 is 23.7 Å². The van der Waals surface area contributed by atoms with E-state index in [0.717, 1.165) is 11.3 Å². The molecule has 0 radical (unpaired) electrons. The molecule has 0 atom stereocenters. The second kappa shape index (κ2) is 6.49. The van der Waals surface area contributed by atoms with Gasteiger partial charge in [-0.15, -0.1) is 0 Å². The molecule has 2 aromatic rings. The summed E-state index contributed by atoms with van der Waals surface area (Å²) in [6, 6.07) is 3.55. The van der Waals surface area contributed by atoms with E-state index >= 15 is 0 Å². The van der Waals surface area contributed by atoms with Gasteiger partial charge in [0.1, 0.15) is 5.76 Å². The number of aromatic nitrogens is 1. The number of oxazole rings is 1.